The van der Waals surface area contributed by atoms with E-state index >= 15 is 0 Å². The molecule has 0 amide bonds. The van der Waals surface area contributed by atoms with Gasteiger partial charge in [0.25, 0.3) is 0 Å². The highest BCUT2D eigenvalue weighted by molar-refractivity contribution is 7.80. The van der Waals surface area contributed by atoms with E-state index in [4.69, 9.17) is 18.0 Å². The van der Waals surface area contributed by atoms with Gasteiger partial charge in [-0.3, -0.25) is 0 Å². The van der Waals surface area contributed by atoms with Crippen molar-refractivity contribution in [2.24, 2.45) is 5.73 Å². The van der Waals surface area contributed by atoms with Crippen molar-refractivity contribution in [3.05, 3.63) is 29.8 Å². The van der Waals surface area contributed by atoms with E-state index in [9.17, 15) is 10.2 Å². The Labute approximate surface area is 112 Å². The third-order valence-electron chi connectivity index (χ3n) is 2.55. The fraction of sp³-hybridized carbons (Fsp3) is 0.417. The molecule has 0 aliphatic carbocycles. The molecular weight excluding hydrogens is 250 g/mol. The average Bonchev–Trinajstić information content (AvgIpc) is 2.34. The van der Waals surface area contributed by atoms with Crippen LogP contribution in [-0.4, -0.2) is 35.0 Å². The van der Waals surface area contributed by atoms with Crippen LogP contribution in [0.25, 0.3) is 0 Å². The molecule has 100 valence electrons. The second-order valence-electron chi connectivity index (χ2n) is 4.02. The van der Waals surface area contributed by atoms with Crippen LogP contribution in [0.5, 0.6) is 0 Å². The summed E-state index contributed by atoms with van der Waals surface area (Å²) in [4.78, 5) is 0. The van der Waals surface area contributed by atoms with Gasteiger partial charge in [0.1, 0.15) is 6.10 Å². The lowest BCUT2D eigenvalue weighted by molar-refractivity contribution is 0.0141. The molecular formula is C12H19N3O2S. The van der Waals surface area contributed by atoms with Crippen LogP contribution in [0, 0.1) is 0 Å². The first kappa shape index (κ1) is 14.8. The first-order valence-electron chi connectivity index (χ1n) is 5.71. The summed E-state index contributed by atoms with van der Waals surface area (Å²) in [6, 6.07) is 7.02. The number of hydrogen-bond acceptors (Lipinski definition) is 4. The number of nitrogens with two attached hydrogens (primary N) is 1. The van der Waals surface area contributed by atoms with Crippen molar-refractivity contribution in [3.8, 4) is 0 Å². The van der Waals surface area contributed by atoms with E-state index in [0.29, 0.717) is 24.2 Å². The van der Waals surface area contributed by atoms with Crippen molar-refractivity contribution in [1.29, 1.82) is 0 Å². The summed E-state index contributed by atoms with van der Waals surface area (Å²) in [5.41, 5.74) is 6.70. The maximum atomic E-state index is 10.0. The van der Waals surface area contributed by atoms with Crippen LogP contribution in [0.4, 0.5) is 5.69 Å². The Morgan fingerprint density at radius 3 is 2.78 bits per heavy atom. The predicted octanol–water partition coefficient (Wildman–Crippen LogP) is 0.346. The summed E-state index contributed by atoms with van der Waals surface area (Å²) in [7, 11) is 1.80. The van der Waals surface area contributed by atoms with Gasteiger partial charge in [-0.05, 0) is 49.9 Å². The van der Waals surface area contributed by atoms with Crippen molar-refractivity contribution < 1.29 is 10.2 Å². The number of benzene rings is 1. The SMILES string of the molecule is CNCCC(O)C(O)c1cccc(NC(N)=S)c1. The fourth-order valence-corrected chi connectivity index (χ4v) is 1.73. The zero-order valence-electron chi connectivity index (χ0n) is 10.3. The molecule has 0 aromatic heterocycles. The molecule has 0 fully saturated rings. The Balaban J connectivity index is 2.72. The first-order valence-corrected chi connectivity index (χ1v) is 6.12. The van der Waals surface area contributed by atoms with E-state index in [1.54, 1.807) is 31.3 Å². The maximum absolute atomic E-state index is 10.0. The Hall–Kier alpha value is -1.21. The Morgan fingerprint density at radius 1 is 1.44 bits per heavy atom. The Morgan fingerprint density at radius 2 is 2.17 bits per heavy atom. The smallest absolute Gasteiger partial charge is 0.168 e. The molecule has 0 radical (unpaired) electrons. The molecule has 5 nitrogen and oxygen atoms in total. The fourth-order valence-electron chi connectivity index (χ4n) is 1.61. The quantitative estimate of drug-likeness (QED) is 0.479. The topological polar surface area (TPSA) is 90.5 Å². The standard InChI is InChI=1S/C12H19N3O2S/c1-14-6-5-10(16)11(17)8-3-2-4-9(7-8)15-12(13)18/h2-4,7,10-11,14,16-17H,5-6H2,1H3,(H3,13,15,18). The minimum absolute atomic E-state index is 0.164. The predicted molar refractivity (Wildman–Crippen MR) is 76.4 cm³/mol. The molecule has 0 bridgehead atoms. The van der Waals surface area contributed by atoms with Gasteiger partial charge in [-0.1, -0.05) is 12.1 Å². The van der Waals surface area contributed by atoms with E-state index in [2.05, 4.69) is 10.6 Å². The van der Waals surface area contributed by atoms with Crippen LogP contribution in [0.1, 0.15) is 18.1 Å². The van der Waals surface area contributed by atoms with Crippen molar-refractivity contribution in [2.75, 3.05) is 18.9 Å². The van der Waals surface area contributed by atoms with Crippen LogP contribution in [0.3, 0.4) is 0 Å². The minimum atomic E-state index is -0.925. The molecule has 2 unspecified atom stereocenters. The van der Waals surface area contributed by atoms with Gasteiger partial charge in [0, 0.05) is 5.69 Å². The van der Waals surface area contributed by atoms with Crippen molar-refractivity contribution in [3.63, 3.8) is 0 Å². The number of rotatable bonds is 6. The van der Waals surface area contributed by atoms with Gasteiger partial charge in [0.2, 0.25) is 0 Å². The highest BCUT2D eigenvalue weighted by Gasteiger charge is 2.17. The third kappa shape index (κ3) is 4.58. The summed E-state index contributed by atoms with van der Waals surface area (Å²) < 4.78 is 0. The minimum Gasteiger partial charge on any atom is -0.390 e. The molecule has 1 aromatic carbocycles. The average molecular weight is 269 g/mol. The Kier molecular flexibility index (Phi) is 6.00. The second kappa shape index (κ2) is 7.27. The number of hydrogen-bond donors (Lipinski definition) is 5. The second-order valence-corrected chi connectivity index (χ2v) is 4.46. The number of anilines is 1. The summed E-state index contributed by atoms with van der Waals surface area (Å²) in [6.45, 7) is 0.642. The molecule has 0 aliphatic rings. The lowest BCUT2D eigenvalue weighted by atomic mass is 10.0. The molecule has 18 heavy (non-hydrogen) atoms. The molecule has 2 atom stereocenters. The van der Waals surface area contributed by atoms with E-state index in [-0.39, 0.29) is 5.11 Å². The van der Waals surface area contributed by atoms with E-state index in [1.807, 2.05) is 0 Å². The van der Waals surface area contributed by atoms with Crippen LogP contribution in [0.15, 0.2) is 24.3 Å². The van der Waals surface area contributed by atoms with Gasteiger partial charge in [0.15, 0.2) is 5.11 Å². The Bertz CT molecular complexity index is 401. The van der Waals surface area contributed by atoms with Gasteiger partial charge in [-0.2, -0.15) is 0 Å². The number of nitrogens with one attached hydrogen (secondary N) is 2. The molecule has 0 heterocycles. The highest BCUT2D eigenvalue weighted by Crippen LogP contribution is 2.21. The van der Waals surface area contributed by atoms with Gasteiger partial charge < -0.3 is 26.6 Å². The summed E-state index contributed by atoms with van der Waals surface area (Å²) in [5, 5.41) is 25.7. The number of thiocarbonyl (C=S) groups is 1. The van der Waals surface area contributed by atoms with E-state index < -0.39 is 12.2 Å². The van der Waals surface area contributed by atoms with Crippen LogP contribution in [-0.2, 0) is 0 Å². The summed E-state index contributed by atoms with van der Waals surface area (Å²) >= 11 is 4.74. The lowest BCUT2D eigenvalue weighted by Crippen LogP contribution is -2.23. The normalized spacial score (nSPS) is 13.9. The van der Waals surface area contributed by atoms with Gasteiger partial charge in [0.05, 0.1) is 6.10 Å². The number of aliphatic hydroxyl groups is 2. The zero-order chi connectivity index (χ0) is 13.5. The van der Waals surface area contributed by atoms with Crippen molar-refractivity contribution in [1.82, 2.24) is 5.32 Å². The molecule has 0 spiro atoms. The van der Waals surface area contributed by atoms with Crippen molar-refractivity contribution in [2.45, 2.75) is 18.6 Å². The molecule has 6 heteroatoms. The van der Waals surface area contributed by atoms with E-state index in [1.165, 1.54) is 0 Å². The molecule has 1 rings (SSSR count). The van der Waals surface area contributed by atoms with Gasteiger partial charge in [-0.25, -0.2) is 0 Å². The monoisotopic (exact) mass is 269 g/mol. The van der Waals surface area contributed by atoms with E-state index in [0.717, 1.165) is 0 Å². The molecule has 0 saturated carbocycles. The van der Waals surface area contributed by atoms with Crippen LogP contribution < -0.4 is 16.4 Å². The first-order chi connectivity index (χ1) is 8.54. The summed E-state index contributed by atoms with van der Waals surface area (Å²) in [6.07, 6.45) is -1.26. The molecule has 0 saturated heterocycles. The van der Waals surface area contributed by atoms with Gasteiger partial charge in [-0.15, -0.1) is 0 Å². The molecule has 0 aliphatic heterocycles. The zero-order valence-corrected chi connectivity index (χ0v) is 11.1. The highest BCUT2D eigenvalue weighted by atomic mass is 32.1. The van der Waals surface area contributed by atoms with Crippen LogP contribution >= 0.6 is 12.2 Å². The summed E-state index contributed by atoms with van der Waals surface area (Å²) in [5.74, 6) is 0. The van der Waals surface area contributed by atoms with Gasteiger partial charge >= 0.3 is 0 Å². The largest absolute Gasteiger partial charge is 0.390 e. The van der Waals surface area contributed by atoms with Crippen LogP contribution in [0.2, 0.25) is 0 Å². The maximum Gasteiger partial charge on any atom is 0.168 e. The molecule has 6 N–H and O–H groups in total. The third-order valence-corrected chi connectivity index (χ3v) is 2.65. The molecule has 1 aromatic rings. The van der Waals surface area contributed by atoms with Crippen molar-refractivity contribution >= 4 is 23.0 Å². The lowest BCUT2D eigenvalue weighted by Gasteiger charge is -2.18. The number of aliphatic hydroxyl groups excluding tert-OH is 2.